The molecule has 1 aromatic heterocycles. The zero-order valence-electron chi connectivity index (χ0n) is 16.5. The van der Waals surface area contributed by atoms with Crippen LogP contribution in [0.4, 0.5) is 5.69 Å². The van der Waals surface area contributed by atoms with Gasteiger partial charge in [0.15, 0.2) is 0 Å². The van der Waals surface area contributed by atoms with Gasteiger partial charge in [0.1, 0.15) is 17.2 Å². The highest BCUT2D eigenvalue weighted by Crippen LogP contribution is 2.30. The second-order valence-electron chi connectivity index (χ2n) is 6.99. The molecule has 0 radical (unpaired) electrons. The summed E-state index contributed by atoms with van der Waals surface area (Å²) in [4.78, 5) is 20.6. The first-order chi connectivity index (χ1) is 13.6. The van der Waals surface area contributed by atoms with Gasteiger partial charge in [-0.3, -0.25) is 4.79 Å². The summed E-state index contributed by atoms with van der Waals surface area (Å²) in [7, 11) is 3.34. The molecule has 0 aliphatic carbocycles. The molecule has 1 aliphatic heterocycles. The number of aryl methyl sites for hydroxylation is 1. The lowest BCUT2D eigenvalue weighted by atomic mass is 10.1. The first-order valence-corrected chi connectivity index (χ1v) is 9.46. The van der Waals surface area contributed by atoms with E-state index in [0.29, 0.717) is 18.8 Å². The van der Waals surface area contributed by atoms with Crippen molar-refractivity contribution in [2.24, 2.45) is 0 Å². The van der Waals surface area contributed by atoms with Crippen LogP contribution < -0.4 is 14.4 Å². The van der Waals surface area contributed by atoms with Gasteiger partial charge in [0, 0.05) is 37.1 Å². The quantitative estimate of drug-likeness (QED) is 0.754. The van der Waals surface area contributed by atoms with Crippen LogP contribution in [-0.2, 0) is 0 Å². The molecule has 2 heterocycles. The third-order valence-electron chi connectivity index (χ3n) is 5.47. The van der Waals surface area contributed by atoms with Crippen LogP contribution in [0.25, 0.3) is 10.9 Å². The SMILES string of the molecule is COc1ccc2[nH]c(C(=O)N3CCN(c4ccccc4OC)CC3)c(C)c2c1. The maximum atomic E-state index is 13.1. The normalized spacial score (nSPS) is 14.4. The molecule has 0 saturated carbocycles. The van der Waals surface area contributed by atoms with Crippen LogP contribution in [0.15, 0.2) is 42.5 Å². The van der Waals surface area contributed by atoms with E-state index in [-0.39, 0.29) is 5.91 Å². The van der Waals surface area contributed by atoms with E-state index >= 15 is 0 Å². The Hall–Kier alpha value is -3.15. The smallest absolute Gasteiger partial charge is 0.270 e. The van der Waals surface area contributed by atoms with Crippen LogP contribution in [0.2, 0.25) is 0 Å². The summed E-state index contributed by atoms with van der Waals surface area (Å²) in [5.74, 6) is 1.70. The number of amides is 1. The molecule has 0 unspecified atom stereocenters. The van der Waals surface area contributed by atoms with Crippen molar-refractivity contribution in [2.45, 2.75) is 6.92 Å². The van der Waals surface area contributed by atoms with E-state index in [9.17, 15) is 4.79 Å². The standard InChI is InChI=1S/C22H25N3O3/c1-15-17-14-16(27-2)8-9-18(17)23-21(15)22(26)25-12-10-24(11-13-25)19-6-4-5-7-20(19)28-3/h4-9,14,23H,10-13H2,1-3H3. The van der Waals surface area contributed by atoms with Crippen LogP contribution in [0, 0.1) is 6.92 Å². The number of piperazine rings is 1. The number of hydrogen-bond acceptors (Lipinski definition) is 4. The van der Waals surface area contributed by atoms with E-state index in [4.69, 9.17) is 9.47 Å². The molecule has 0 bridgehead atoms. The predicted octanol–water partition coefficient (Wildman–Crippen LogP) is 3.46. The van der Waals surface area contributed by atoms with Gasteiger partial charge in [-0.2, -0.15) is 0 Å². The van der Waals surface area contributed by atoms with Crippen molar-refractivity contribution in [3.8, 4) is 11.5 Å². The predicted molar refractivity (Wildman–Crippen MR) is 111 cm³/mol. The van der Waals surface area contributed by atoms with Crippen molar-refractivity contribution >= 4 is 22.5 Å². The average molecular weight is 379 g/mol. The molecule has 1 N–H and O–H groups in total. The number of nitrogens with zero attached hydrogens (tertiary/aromatic N) is 2. The Morgan fingerprint density at radius 1 is 1.00 bits per heavy atom. The Morgan fingerprint density at radius 3 is 2.46 bits per heavy atom. The highest BCUT2D eigenvalue weighted by Gasteiger charge is 2.26. The van der Waals surface area contributed by atoms with Crippen LogP contribution >= 0.6 is 0 Å². The number of carbonyl (C=O) groups excluding carboxylic acids is 1. The maximum absolute atomic E-state index is 13.1. The zero-order valence-corrected chi connectivity index (χ0v) is 16.5. The Morgan fingerprint density at radius 2 is 1.75 bits per heavy atom. The lowest BCUT2D eigenvalue weighted by Crippen LogP contribution is -2.49. The lowest BCUT2D eigenvalue weighted by Gasteiger charge is -2.36. The van der Waals surface area contributed by atoms with E-state index < -0.39 is 0 Å². The Kier molecular flexibility index (Phi) is 4.86. The van der Waals surface area contributed by atoms with Gasteiger partial charge >= 0.3 is 0 Å². The molecule has 6 nitrogen and oxygen atoms in total. The minimum absolute atomic E-state index is 0.0485. The first-order valence-electron chi connectivity index (χ1n) is 9.46. The Labute approximate surface area is 164 Å². The summed E-state index contributed by atoms with van der Waals surface area (Å²) in [5.41, 5.74) is 3.65. The van der Waals surface area contributed by atoms with Crippen molar-refractivity contribution < 1.29 is 14.3 Å². The summed E-state index contributed by atoms with van der Waals surface area (Å²) >= 11 is 0. The van der Waals surface area contributed by atoms with E-state index in [1.54, 1.807) is 14.2 Å². The minimum atomic E-state index is 0.0485. The molecule has 2 aromatic carbocycles. The Balaban J connectivity index is 1.51. The third kappa shape index (κ3) is 3.15. The fourth-order valence-electron chi connectivity index (χ4n) is 3.85. The first kappa shape index (κ1) is 18.2. The summed E-state index contributed by atoms with van der Waals surface area (Å²) in [6.07, 6.45) is 0. The number of fused-ring (bicyclic) bond motifs is 1. The van der Waals surface area contributed by atoms with Crippen molar-refractivity contribution in [1.29, 1.82) is 0 Å². The van der Waals surface area contributed by atoms with Gasteiger partial charge in [0.2, 0.25) is 0 Å². The van der Waals surface area contributed by atoms with Crippen molar-refractivity contribution in [3.63, 3.8) is 0 Å². The second kappa shape index (κ2) is 7.46. The van der Waals surface area contributed by atoms with Gasteiger partial charge in [-0.15, -0.1) is 0 Å². The number of carbonyl (C=O) groups is 1. The summed E-state index contributed by atoms with van der Waals surface area (Å²) in [6, 6.07) is 13.8. The van der Waals surface area contributed by atoms with Crippen molar-refractivity contribution in [3.05, 3.63) is 53.7 Å². The molecule has 0 spiro atoms. The number of rotatable bonds is 4. The molecule has 6 heteroatoms. The molecule has 1 fully saturated rings. The van der Waals surface area contributed by atoms with Gasteiger partial charge in [-0.1, -0.05) is 12.1 Å². The molecule has 28 heavy (non-hydrogen) atoms. The number of aromatic amines is 1. The minimum Gasteiger partial charge on any atom is -0.497 e. The molecule has 1 amide bonds. The average Bonchev–Trinajstić information content (AvgIpc) is 3.09. The second-order valence-corrected chi connectivity index (χ2v) is 6.99. The molecule has 0 atom stereocenters. The largest absolute Gasteiger partial charge is 0.497 e. The van der Waals surface area contributed by atoms with Gasteiger partial charge in [-0.05, 0) is 42.8 Å². The molecular formula is C22H25N3O3. The number of aromatic nitrogens is 1. The summed E-state index contributed by atoms with van der Waals surface area (Å²) in [6.45, 7) is 4.89. The number of para-hydroxylation sites is 2. The van der Waals surface area contributed by atoms with Gasteiger partial charge in [0.25, 0.3) is 5.91 Å². The van der Waals surface area contributed by atoms with Crippen LogP contribution in [0.3, 0.4) is 0 Å². The molecule has 1 saturated heterocycles. The van der Waals surface area contributed by atoms with Crippen LogP contribution in [-0.4, -0.2) is 56.2 Å². The monoisotopic (exact) mass is 379 g/mol. The van der Waals surface area contributed by atoms with Gasteiger partial charge in [0.05, 0.1) is 19.9 Å². The number of hydrogen-bond donors (Lipinski definition) is 1. The summed E-state index contributed by atoms with van der Waals surface area (Å²) < 4.78 is 10.8. The van der Waals surface area contributed by atoms with Crippen LogP contribution in [0.1, 0.15) is 16.1 Å². The fraction of sp³-hybridized carbons (Fsp3) is 0.318. The van der Waals surface area contributed by atoms with Gasteiger partial charge in [-0.25, -0.2) is 0 Å². The number of methoxy groups -OCH3 is 2. The fourth-order valence-corrected chi connectivity index (χ4v) is 3.85. The van der Waals surface area contributed by atoms with E-state index in [0.717, 1.165) is 46.7 Å². The van der Waals surface area contributed by atoms with Crippen molar-refractivity contribution in [2.75, 3.05) is 45.3 Å². The van der Waals surface area contributed by atoms with E-state index in [1.807, 2.05) is 48.2 Å². The third-order valence-corrected chi connectivity index (χ3v) is 5.47. The number of nitrogens with one attached hydrogen (secondary N) is 1. The Bertz CT molecular complexity index is 1000. The highest BCUT2D eigenvalue weighted by atomic mass is 16.5. The highest BCUT2D eigenvalue weighted by molar-refractivity contribution is 6.01. The van der Waals surface area contributed by atoms with Crippen molar-refractivity contribution in [1.82, 2.24) is 9.88 Å². The lowest BCUT2D eigenvalue weighted by molar-refractivity contribution is 0.0741. The zero-order chi connectivity index (χ0) is 19.7. The van der Waals surface area contributed by atoms with E-state index in [1.165, 1.54) is 0 Å². The summed E-state index contributed by atoms with van der Waals surface area (Å²) in [5, 5.41) is 1.02. The number of H-pyrrole nitrogens is 1. The molecule has 4 rings (SSSR count). The molecule has 3 aromatic rings. The van der Waals surface area contributed by atoms with Crippen LogP contribution in [0.5, 0.6) is 11.5 Å². The number of benzene rings is 2. The maximum Gasteiger partial charge on any atom is 0.270 e. The molecule has 1 aliphatic rings. The molecule has 146 valence electrons. The topological polar surface area (TPSA) is 57.8 Å². The molecular weight excluding hydrogens is 354 g/mol. The number of anilines is 1. The number of ether oxygens (including phenoxy) is 2. The van der Waals surface area contributed by atoms with E-state index in [2.05, 4.69) is 16.0 Å². The van der Waals surface area contributed by atoms with Gasteiger partial charge < -0.3 is 24.3 Å².